The van der Waals surface area contributed by atoms with E-state index in [0.717, 1.165) is 18.5 Å². The third kappa shape index (κ3) is 4.04. The van der Waals surface area contributed by atoms with E-state index in [4.69, 9.17) is 10.2 Å². The van der Waals surface area contributed by atoms with Crippen molar-refractivity contribution in [3.63, 3.8) is 0 Å². The Morgan fingerprint density at radius 2 is 1.97 bits per heavy atom. The van der Waals surface area contributed by atoms with E-state index in [1.54, 1.807) is 17.2 Å². The topological polar surface area (TPSA) is 107 Å². The first-order valence-corrected chi connectivity index (χ1v) is 10.4. The van der Waals surface area contributed by atoms with Crippen molar-refractivity contribution in [2.45, 2.75) is 30.5 Å². The van der Waals surface area contributed by atoms with Gasteiger partial charge in [0, 0.05) is 12.2 Å². The number of furan rings is 1. The van der Waals surface area contributed by atoms with E-state index < -0.39 is 11.9 Å². The maximum absolute atomic E-state index is 12.8. The van der Waals surface area contributed by atoms with Gasteiger partial charge < -0.3 is 15.1 Å². The molecule has 9 heteroatoms. The minimum Gasteiger partial charge on any atom is -0.461 e. The number of benzene rings is 1. The average molecular weight is 411 g/mol. The minimum absolute atomic E-state index is 0.124. The molecule has 2 aromatic heterocycles. The number of amides is 2. The summed E-state index contributed by atoms with van der Waals surface area (Å²) in [7, 11) is 0. The van der Waals surface area contributed by atoms with Gasteiger partial charge in [-0.3, -0.25) is 14.2 Å². The molecule has 2 N–H and O–H groups in total. The lowest BCUT2D eigenvalue weighted by Gasteiger charge is -2.33. The highest BCUT2D eigenvalue weighted by Crippen LogP contribution is 2.29. The fourth-order valence-electron chi connectivity index (χ4n) is 3.47. The van der Waals surface area contributed by atoms with Crippen molar-refractivity contribution in [2.24, 2.45) is 5.73 Å². The van der Waals surface area contributed by atoms with Gasteiger partial charge in [-0.15, -0.1) is 10.2 Å². The van der Waals surface area contributed by atoms with Crippen molar-refractivity contribution >= 4 is 23.6 Å². The zero-order chi connectivity index (χ0) is 20.2. The second kappa shape index (κ2) is 8.52. The van der Waals surface area contributed by atoms with Crippen LogP contribution in [-0.4, -0.2) is 49.8 Å². The first kappa shape index (κ1) is 19.3. The van der Waals surface area contributed by atoms with Crippen LogP contribution in [0.15, 0.2) is 58.3 Å². The lowest BCUT2D eigenvalue weighted by molar-refractivity contribution is -0.138. The molecule has 1 saturated heterocycles. The van der Waals surface area contributed by atoms with E-state index in [9.17, 15) is 9.59 Å². The van der Waals surface area contributed by atoms with Gasteiger partial charge in [-0.25, -0.2) is 0 Å². The molecule has 2 amide bonds. The van der Waals surface area contributed by atoms with Crippen molar-refractivity contribution in [2.75, 3.05) is 12.3 Å². The minimum atomic E-state index is -0.525. The number of nitrogens with zero attached hydrogens (tertiary/aromatic N) is 4. The molecule has 0 aliphatic carbocycles. The number of carbonyl (C=O) groups excluding carboxylic acids is 2. The highest BCUT2D eigenvalue weighted by Gasteiger charge is 2.31. The van der Waals surface area contributed by atoms with Gasteiger partial charge in [-0.2, -0.15) is 0 Å². The van der Waals surface area contributed by atoms with Crippen molar-refractivity contribution in [1.29, 1.82) is 0 Å². The second-order valence-electron chi connectivity index (χ2n) is 6.74. The first-order valence-electron chi connectivity index (χ1n) is 9.41. The molecule has 8 nitrogen and oxygen atoms in total. The van der Waals surface area contributed by atoms with Crippen LogP contribution in [0, 0.1) is 0 Å². The molecule has 0 saturated carbocycles. The molecular formula is C20H21N5O3S. The highest BCUT2D eigenvalue weighted by molar-refractivity contribution is 7.99. The number of hydrogen-bond donors (Lipinski definition) is 1. The monoisotopic (exact) mass is 411 g/mol. The van der Waals surface area contributed by atoms with E-state index in [-0.39, 0.29) is 11.7 Å². The number of rotatable bonds is 6. The van der Waals surface area contributed by atoms with Crippen LogP contribution in [0.5, 0.6) is 0 Å². The largest absolute Gasteiger partial charge is 0.461 e. The fourth-order valence-corrected chi connectivity index (χ4v) is 4.31. The number of piperidine rings is 1. The SMILES string of the molecule is NC(=O)[C@@H]1CCCCN1C(=O)CSc1nnc(-c2ccco2)n1-c1ccccc1. The molecule has 29 heavy (non-hydrogen) atoms. The van der Waals surface area contributed by atoms with Gasteiger partial charge in [-0.1, -0.05) is 30.0 Å². The van der Waals surface area contributed by atoms with E-state index in [1.807, 2.05) is 41.0 Å². The lowest BCUT2D eigenvalue weighted by Crippen LogP contribution is -2.51. The van der Waals surface area contributed by atoms with Crippen LogP contribution in [0.3, 0.4) is 0 Å². The van der Waals surface area contributed by atoms with Gasteiger partial charge in [0.25, 0.3) is 0 Å². The van der Waals surface area contributed by atoms with E-state index in [2.05, 4.69) is 10.2 Å². The highest BCUT2D eigenvalue weighted by atomic mass is 32.2. The Labute approximate surface area is 172 Å². The first-order chi connectivity index (χ1) is 14.1. The van der Waals surface area contributed by atoms with Crippen LogP contribution in [0.4, 0.5) is 0 Å². The van der Waals surface area contributed by atoms with Crippen molar-refractivity contribution < 1.29 is 14.0 Å². The molecule has 4 rings (SSSR count). The van der Waals surface area contributed by atoms with Crippen LogP contribution in [0.2, 0.25) is 0 Å². The average Bonchev–Trinajstić information content (AvgIpc) is 3.42. The Bertz CT molecular complexity index is 987. The van der Waals surface area contributed by atoms with Gasteiger partial charge in [0.15, 0.2) is 10.9 Å². The zero-order valence-corrected chi connectivity index (χ0v) is 16.5. The summed E-state index contributed by atoms with van der Waals surface area (Å²) in [6.45, 7) is 0.552. The van der Waals surface area contributed by atoms with Crippen molar-refractivity contribution in [3.8, 4) is 17.3 Å². The van der Waals surface area contributed by atoms with Crippen LogP contribution >= 0.6 is 11.8 Å². The van der Waals surface area contributed by atoms with Gasteiger partial charge in [0.1, 0.15) is 6.04 Å². The Balaban J connectivity index is 1.58. The molecule has 150 valence electrons. The van der Waals surface area contributed by atoms with Gasteiger partial charge in [0.2, 0.25) is 17.6 Å². The molecule has 1 aromatic carbocycles. The molecule has 0 radical (unpaired) electrons. The number of carbonyl (C=O) groups is 2. The molecule has 3 aromatic rings. The molecule has 1 aliphatic rings. The molecule has 0 unspecified atom stereocenters. The molecule has 0 bridgehead atoms. The van der Waals surface area contributed by atoms with Crippen LogP contribution in [-0.2, 0) is 9.59 Å². The number of aromatic nitrogens is 3. The van der Waals surface area contributed by atoms with Crippen LogP contribution in [0.1, 0.15) is 19.3 Å². The number of hydrogen-bond acceptors (Lipinski definition) is 6. The Morgan fingerprint density at radius 3 is 2.69 bits per heavy atom. The number of likely N-dealkylation sites (tertiary alicyclic amines) is 1. The van der Waals surface area contributed by atoms with Crippen LogP contribution < -0.4 is 5.73 Å². The van der Waals surface area contributed by atoms with Gasteiger partial charge >= 0.3 is 0 Å². The number of nitrogens with two attached hydrogens (primary N) is 1. The summed E-state index contributed by atoms with van der Waals surface area (Å²) in [4.78, 5) is 26.1. The zero-order valence-electron chi connectivity index (χ0n) is 15.7. The Kier molecular flexibility index (Phi) is 5.66. The molecular weight excluding hydrogens is 390 g/mol. The van der Waals surface area contributed by atoms with Gasteiger partial charge in [-0.05, 0) is 43.5 Å². The van der Waals surface area contributed by atoms with E-state index >= 15 is 0 Å². The summed E-state index contributed by atoms with van der Waals surface area (Å²) in [6.07, 6.45) is 3.98. The summed E-state index contributed by atoms with van der Waals surface area (Å²) in [6, 6.07) is 12.7. The van der Waals surface area contributed by atoms with E-state index in [0.29, 0.717) is 29.7 Å². The number of thioether (sulfide) groups is 1. The quantitative estimate of drug-likeness (QED) is 0.625. The predicted octanol–water partition coefficient (Wildman–Crippen LogP) is 2.49. The smallest absolute Gasteiger partial charge is 0.240 e. The molecule has 0 spiro atoms. The lowest BCUT2D eigenvalue weighted by atomic mass is 10.0. The molecule has 1 fully saturated rings. The number of para-hydroxylation sites is 1. The van der Waals surface area contributed by atoms with Crippen LogP contribution in [0.25, 0.3) is 17.3 Å². The maximum atomic E-state index is 12.8. The molecule has 3 heterocycles. The predicted molar refractivity (Wildman–Crippen MR) is 108 cm³/mol. The molecule has 1 aliphatic heterocycles. The second-order valence-corrected chi connectivity index (χ2v) is 7.69. The summed E-state index contributed by atoms with van der Waals surface area (Å²) in [5.41, 5.74) is 6.35. The Hall–Kier alpha value is -3.07. The standard InChI is InChI=1S/C20H21N5O3S/c21-18(27)15-9-4-5-11-24(15)17(26)13-29-20-23-22-19(16-10-6-12-28-16)25(20)14-7-2-1-3-8-14/h1-3,6-8,10,12,15H,4-5,9,11,13H2,(H2,21,27)/t15-/m0/s1. The number of primary amides is 1. The summed E-state index contributed by atoms with van der Waals surface area (Å²) >= 11 is 1.28. The Morgan fingerprint density at radius 1 is 1.14 bits per heavy atom. The summed E-state index contributed by atoms with van der Waals surface area (Å²) in [5, 5.41) is 9.11. The van der Waals surface area contributed by atoms with Crippen molar-refractivity contribution in [1.82, 2.24) is 19.7 Å². The summed E-state index contributed by atoms with van der Waals surface area (Å²) in [5.74, 6) is 0.720. The summed E-state index contributed by atoms with van der Waals surface area (Å²) < 4.78 is 7.36. The van der Waals surface area contributed by atoms with Gasteiger partial charge in [0.05, 0.1) is 12.0 Å². The maximum Gasteiger partial charge on any atom is 0.240 e. The fraction of sp³-hybridized carbons (Fsp3) is 0.300. The third-order valence-electron chi connectivity index (χ3n) is 4.87. The van der Waals surface area contributed by atoms with E-state index in [1.165, 1.54) is 11.8 Å². The molecule has 1 atom stereocenters. The van der Waals surface area contributed by atoms with Crippen molar-refractivity contribution in [3.05, 3.63) is 48.7 Å². The normalized spacial score (nSPS) is 16.7. The third-order valence-corrected chi connectivity index (χ3v) is 5.78.